The highest BCUT2D eigenvalue weighted by Gasteiger charge is 2.61. The summed E-state index contributed by atoms with van der Waals surface area (Å²) in [5.41, 5.74) is 4.80. The van der Waals surface area contributed by atoms with Gasteiger partial charge < -0.3 is 4.74 Å². The average molecular weight is 446 g/mol. The van der Waals surface area contributed by atoms with Crippen molar-refractivity contribution in [2.45, 2.75) is 51.4 Å². The lowest BCUT2D eigenvalue weighted by atomic mass is 9.55. The SMILES string of the molecule is CC(C)COC(=O)CCCCCN1C(=O)C2C3c4ccccc4C(c4ccccc43)C2C1=O. The third-order valence-electron chi connectivity index (χ3n) is 7.38. The van der Waals surface area contributed by atoms with Crippen LogP contribution in [0.1, 0.15) is 73.6 Å². The Labute approximate surface area is 195 Å². The Bertz CT molecular complexity index is 975. The molecule has 2 bridgehead atoms. The van der Waals surface area contributed by atoms with Gasteiger partial charge in [0, 0.05) is 24.8 Å². The lowest BCUT2D eigenvalue weighted by molar-refractivity contribution is -0.145. The number of rotatable bonds is 8. The van der Waals surface area contributed by atoms with Crippen LogP contribution in [0.25, 0.3) is 0 Å². The van der Waals surface area contributed by atoms with E-state index in [2.05, 4.69) is 24.3 Å². The number of unbranched alkanes of at least 4 members (excludes halogenated alkanes) is 2. The maximum absolute atomic E-state index is 13.5. The summed E-state index contributed by atoms with van der Waals surface area (Å²) in [5, 5.41) is 0. The van der Waals surface area contributed by atoms with Crippen LogP contribution < -0.4 is 0 Å². The fourth-order valence-electron chi connectivity index (χ4n) is 6.01. The molecule has 1 aliphatic heterocycles. The van der Waals surface area contributed by atoms with Crippen molar-refractivity contribution in [1.29, 1.82) is 0 Å². The Morgan fingerprint density at radius 1 is 0.818 bits per heavy atom. The molecular formula is C28H31NO4. The summed E-state index contributed by atoms with van der Waals surface area (Å²) in [5.74, 6) is -0.612. The predicted molar refractivity (Wildman–Crippen MR) is 125 cm³/mol. The number of likely N-dealkylation sites (tertiary alicyclic amines) is 1. The van der Waals surface area contributed by atoms with Gasteiger partial charge in [0.05, 0.1) is 18.4 Å². The van der Waals surface area contributed by atoms with Gasteiger partial charge >= 0.3 is 5.97 Å². The molecule has 1 saturated heterocycles. The number of esters is 1. The first-order valence-electron chi connectivity index (χ1n) is 12.2. The van der Waals surface area contributed by atoms with Gasteiger partial charge in [-0.3, -0.25) is 19.3 Å². The third kappa shape index (κ3) is 3.68. The molecule has 3 aliphatic carbocycles. The highest BCUT2D eigenvalue weighted by molar-refractivity contribution is 6.07. The molecule has 5 heteroatoms. The monoisotopic (exact) mass is 445 g/mol. The predicted octanol–water partition coefficient (Wildman–Crippen LogP) is 4.64. The highest BCUT2D eigenvalue weighted by Crippen LogP contribution is 2.60. The molecular weight excluding hydrogens is 414 g/mol. The van der Waals surface area contributed by atoms with E-state index < -0.39 is 0 Å². The van der Waals surface area contributed by atoms with Gasteiger partial charge in [0.15, 0.2) is 0 Å². The fraction of sp³-hybridized carbons (Fsp3) is 0.464. The van der Waals surface area contributed by atoms with Crippen LogP contribution in [-0.2, 0) is 19.1 Å². The number of carbonyl (C=O) groups is 3. The largest absolute Gasteiger partial charge is 0.465 e. The zero-order chi connectivity index (χ0) is 23.1. The highest BCUT2D eigenvalue weighted by atomic mass is 16.5. The van der Waals surface area contributed by atoms with Crippen LogP contribution in [0.2, 0.25) is 0 Å². The topological polar surface area (TPSA) is 63.7 Å². The van der Waals surface area contributed by atoms with Crippen molar-refractivity contribution in [2.24, 2.45) is 17.8 Å². The summed E-state index contributed by atoms with van der Waals surface area (Å²) in [4.78, 5) is 40.3. The van der Waals surface area contributed by atoms with Gasteiger partial charge in [0.1, 0.15) is 0 Å². The first-order valence-corrected chi connectivity index (χ1v) is 12.2. The number of amides is 2. The molecule has 33 heavy (non-hydrogen) atoms. The first-order chi connectivity index (χ1) is 16.0. The van der Waals surface area contributed by atoms with Gasteiger partial charge in [-0.1, -0.05) is 68.8 Å². The summed E-state index contributed by atoms with van der Waals surface area (Å²) >= 11 is 0. The first kappa shape index (κ1) is 21.9. The van der Waals surface area contributed by atoms with Crippen molar-refractivity contribution in [3.05, 3.63) is 70.8 Å². The van der Waals surface area contributed by atoms with E-state index in [1.165, 1.54) is 27.2 Å². The van der Waals surface area contributed by atoms with Crippen LogP contribution in [0.15, 0.2) is 48.5 Å². The Morgan fingerprint density at radius 3 is 1.76 bits per heavy atom. The van der Waals surface area contributed by atoms with Crippen LogP contribution in [0, 0.1) is 17.8 Å². The minimum atomic E-state index is -0.307. The molecule has 6 rings (SSSR count). The Hall–Kier alpha value is -2.95. The molecule has 2 aromatic rings. The van der Waals surface area contributed by atoms with E-state index >= 15 is 0 Å². The molecule has 1 fully saturated rings. The molecule has 0 aromatic heterocycles. The van der Waals surface area contributed by atoms with Crippen molar-refractivity contribution in [3.8, 4) is 0 Å². The maximum atomic E-state index is 13.5. The number of hydrogen-bond acceptors (Lipinski definition) is 4. The Morgan fingerprint density at radius 2 is 1.30 bits per heavy atom. The molecule has 0 spiro atoms. The number of ether oxygens (including phenoxy) is 1. The normalized spacial score (nSPS) is 24.6. The van der Waals surface area contributed by atoms with Crippen molar-refractivity contribution < 1.29 is 19.1 Å². The lowest BCUT2D eigenvalue weighted by Gasteiger charge is -2.45. The quantitative estimate of drug-likeness (QED) is 0.337. The maximum Gasteiger partial charge on any atom is 0.305 e. The molecule has 2 aromatic carbocycles. The van der Waals surface area contributed by atoms with E-state index in [1.807, 2.05) is 38.1 Å². The van der Waals surface area contributed by atoms with Gasteiger partial charge in [-0.25, -0.2) is 0 Å². The minimum absolute atomic E-state index is 0.0275. The second-order valence-corrected chi connectivity index (χ2v) is 9.98. The summed E-state index contributed by atoms with van der Waals surface area (Å²) in [6.45, 7) is 4.90. The summed E-state index contributed by atoms with van der Waals surface area (Å²) in [7, 11) is 0. The van der Waals surface area contributed by atoms with E-state index in [1.54, 1.807) is 0 Å². The molecule has 4 aliphatic rings. The van der Waals surface area contributed by atoms with Gasteiger partial charge in [-0.2, -0.15) is 0 Å². The summed E-state index contributed by atoms with van der Waals surface area (Å²) in [6.07, 6.45) is 2.59. The number of imide groups is 1. The smallest absolute Gasteiger partial charge is 0.305 e. The summed E-state index contributed by atoms with van der Waals surface area (Å²) in [6, 6.07) is 16.6. The molecule has 172 valence electrons. The van der Waals surface area contributed by atoms with Gasteiger partial charge in [0.2, 0.25) is 11.8 Å². The van der Waals surface area contributed by atoms with Crippen LogP contribution in [0.3, 0.4) is 0 Å². The molecule has 0 radical (unpaired) electrons. The number of nitrogens with zero attached hydrogens (tertiary/aromatic N) is 1. The van der Waals surface area contributed by atoms with Crippen LogP contribution in [-0.4, -0.2) is 35.8 Å². The van der Waals surface area contributed by atoms with E-state index in [0.29, 0.717) is 38.3 Å². The molecule has 1 heterocycles. The van der Waals surface area contributed by atoms with E-state index in [0.717, 1.165) is 6.42 Å². The summed E-state index contributed by atoms with van der Waals surface area (Å²) < 4.78 is 5.22. The van der Waals surface area contributed by atoms with Crippen LogP contribution in [0.5, 0.6) is 0 Å². The molecule has 2 amide bonds. The Kier molecular flexibility index (Phi) is 5.81. The minimum Gasteiger partial charge on any atom is -0.465 e. The second kappa shape index (κ2) is 8.77. The van der Waals surface area contributed by atoms with Crippen molar-refractivity contribution in [3.63, 3.8) is 0 Å². The zero-order valence-electron chi connectivity index (χ0n) is 19.3. The fourth-order valence-corrected chi connectivity index (χ4v) is 6.01. The zero-order valence-corrected chi connectivity index (χ0v) is 19.3. The van der Waals surface area contributed by atoms with E-state index in [-0.39, 0.29) is 41.5 Å². The molecule has 2 atom stereocenters. The molecule has 2 unspecified atom stereocenters. The van der Waals surface area contributed by atoms with Crippen molar-refractivity contribution >= 4 is 17.8 Å². The van der Waals surface area contributed by atoms with E-state index in [9.17, 15) is 14.4 Å². The Balaban J connectivity index is 1.28. The van der Waals surface area contributed by atoms with Gasteiger partial charge in [-0.05, 0) is 41.0 Å². The molecule has 0 saturated carbocycles. The number of hydrogen-bond donors (Lipinski definition) is 0. The van der Waals surface area contributed by atoms with Gasteiger partial charge in [-0.15, -0.1) is 0 Å². The third-order valence-corrected chi connectivity index (χ3v) is 7.38. The number of carbonyl (C=O) groups excluding carboxylic acids is 3. The number of benzene rings is 2. The van der Waals surface area contributed by atoms with Crippen LogP contribution >= 0.6 is 0 Å². The molecule has 5 nitrogen and oxygen atoms in total. The lowest BCUT2D eigenvalue weighted by Crippen LogP contribution is -2.41. The van der Waals surface area contributed by atoms with E-state index in [4.69, 9.17) is 4.74 Å². The van der Waals surface area contributed by atoms with Crippen molar-refractivity contribution in [2.75, 3.05) is 13.2 Å². The molecule has 0 N–H and O–H groups in total. The van der Waals surface area contributed by atoms with Crippen molar-refractivity contribution in [1.82, 2.24) is 4.90 Å². The standard InChI is InChI=1S/C28H31NO4/c1-17(2)16-33-22(30)14-4-3-9-15-29-27(31)25-23-18-10-5-6-11-19(18)24(26(25)28(29)32)21-13-8-7-12-20(21)23/h5-8,10-13,17,23-26H,3-4,9,14-16H2,1-2H3. The average Bonchev–Trinajstić information content (AvgIpc) is 3.08. The van der Waals surface area contributed by atoms with Crippen LogP contribution in [0.4, 0.5) is 0 Å². The van der Waals surface area contributed by atoms with Gasteiger partial charge in [0.25, 0.3) is 0 Å². The second-order valence-electron chi connectivity index (χ2n) is 9.98.